The summed E-state index contributed by atoms with van der Waals surface area (Å²) in [5.74, 6) is 0.787. The monoisotopic (exact) mass is 417 g/mol. The second-order valence-corrected chi connectivity index (χ2v) is 9.86. The minimum atomic E-state index is -3.34. The largest absolute Gasteiger partial charge is 0.310 e. The molecule has 2 heterocycles. The van der Waals surface area contributed by atoms with Crippen molar-refractivity contribution in [2.24, 2.45) is 0 Å². The van der Waals surface area contributed by atoms with Crippen molar-refractivity contribution >= 4 is 10.0 Å². The van der Waals surface area contributed by atoms with Crippen molar-refractivity contribution in [3.8, 4) is 0 Å². The van der Waals surface area contributed by atoms with Crippen LogP contribution in [0.3, 0.4) is 0 Å². The quantitative estimate of drug-likeness (QED) is 0.601. The van der Waals surface area contributed by atoms with Gasteiger partial charge in [0.2, 0.25) is 10.0 Å². The fourth-order valence-electron chi connectivity index (χ4n) is 3.76. The number of aromatic nitrogens is 2. The summed E-state index contributed by atoms with van der Waals surface area (Å²) in [4.78, 5) is 20.0. The molecule has 3 rings (SSSR count). The van der Waals surface area contributed by atoms with Crippen LogP contribution in [-0.4, -0.2) is 35.0 Å². The zero-order chi connectivity index (χ0) is 20.7. The van der Waals surface area contributed by atoms with E-state index in [1.165, 1.54) is 23.6 Å². The van der Waals surface area contributed by atoms with Gasteiger partial charge in [-0.05, 0) is 12.0 Å². The minimum absolute atomic E-state index is 0.126. The SMILES string of the molecule is CCCCCCCCS(=O)(=O)N1CCc2nc(Cc3ccccc3)[nH]c(=O)c2C1. The van der Waals surface area contributed by atoms with E-state index in [2.05, 4.69) is 16.9 Å². The third-order valence-electron chi connectivity index (χ3n) is 5.45. The van der Waals surface area contributed by atoms with E-state index in [1.54, 1.807) is 0 Å². The Labute approximate surface area is 173 Å². The Morgan fingerprint density at radius 2 is 1.79 bits per heavy atom. The van der Waals surface area contributed by atoms with Gasteiger partial charge in [0.05, 0.1) is 17.0 Å². The van der Waals surface area contributed by atoms with Gasteiger partial charge < -0.3 is 4.98 Å². The van der Waals surface area contributed by atoms with Crippen LogP contribution in [0.1, 0.15) is 68.1 Å². The van der Waals surface area contributed by atoms with Gasteiger partial charge in [0.1, 0.15) is 5.82 Å². The Bertz CT molecular complexity index is 955. The number of aromatic amines is 1. The smallest absolute Gasteiger partial charge is 0.255 e. The predicted octanol–water partition coefficient (Wildman–Crippen LogP) is 3.41. The third-order valence-corrected chi connectivity index (χ3v) is 7.35. The first-order valence-electron chi connectivity index (χ1n) is 10.6. The molecule has 0 spiro atoms. The van der Waals surface area contributed by atoms with E-state index in [-0.39, 0.29) is 17.9 Å². The van der Waals surface area contributed by atoms with Crippen LogP contribution in [0, 0.1) is 0 Å². The summed E-state index contributed by atoms with van der Waals surface area (Å²) in [5.41, 5.74) is 2.07. The van der Waals surface area contributed by atoms with E-state index in [4.69, 9.17) is 0 Å². The molecule has 1 N–H and O–H groups in total. The molecule has 1 aliphatic heterocycles. The lowest BCUT2D eigenvalue weighted by molar-refractivity contribution is 0.383. The van der Waals surface area contributed by atoms with Crippen molar-refractivity contribution in [2.75, 3.05) is 12.3 Å². The Morgan fingerprint density at radius 3 is 2.55 bits per heavy atom. The molecular formula is C22H31N3O3S. The second-order valence-electron chi connectivity index (χ2n) is 7.77. The topological polar surface area (TPSA) is 83.1 Å². The standard InChI is InChI=1S/C22H31N3O3S/c1-2-3-4-5-6-10-15-29(27,28)25-14-13-20-19(17-25)22(26)24-21(23-20)16-18-11-8-7-9-12-18/h7-9,11-12H,2-6,10,13-17H2,1H3,(H,23,24,26). The summed E-state index contributed by atoms with van der Waals surface area (Å²) in [6.45, 7) is 2.69. The van der Waals surface area contributed by atoms with Gasteiger partial charge >= 0.3 is 0 Å². The molecule has 0 amide bonds. The Hall–Kier alpha value is -1.99. The number of H-pyrrole nitrogens is 1. The second kappa shape index (κ2) is 10.2. The maximum Gasteiger partial charge on any atom is 0.255 e. The summed E-state index contributed by atoms with van der Waals surface area (Å²) >= 11 is 0. The van der Waals surface area contributed by atoms with Gasteiger partial charge in [0.25, 0.3) is 5.56 Å². The molecule has 0 bridgehead atoms. The van der Waals surface area contributed by atoms with E-state index in [0.29, 0.717) is 37.2 Å². The van der Waals surface area contributed by atoms with Gasteiger partial charge in [0.15, 0.2) is 0 Å². The highest BCUT2D eigenvalue weighted by Gasteiger charge is 2.29. The van der Waals surface area contributed by atoms with Gasteiger partial charge in [0, 0.05) is 25.9 Å². The normalized spacial score (nSPS) is 14.7. The number of nitrogens with one attached hydrogen (secondary N) is 1. The number of nitrogens with zero attached hydrogens (tertiary/aromatic N) is 2. The van der Waals surface area contributed by atoms with E-state index < -0.39 is 10.0 Å². The van der Waals surface area contributed by atoms with Crippen molar-refractivity contribution in [3.63, 3.8) is 0 Å². The minimum Gasteiger partial charge on any atom is -0.310 e. The summed E-state index contributed by atoms with van der Waals surface area (Å²) in [6.07, 6.45) is 7.30. The number of sulfonamides is 1. The van der Waals surface area contributed by atoms with Crippen LogP contribution < -0.4 is 5.56 Å². The molecule has 6 nitrogen and oxygen atoms in total. The maximum atomic E-state index is 12.7. The molecule has 7 heteroatoms. The first kappa shape index (κ1) is 21.7. The number of hydrogen-bond acceptors (Lipinski definition) is 4. The molecular weight excluding hydrogens is 386 g/mol. The van der Waals surface area contributed by atoms with E-state index in [0.717, 1.165) is 24.1 Å². The first-order valence-corrected chi connectivity index (χ1v) is 12.2. The molecule has 0 aliphatic carbocycles. The molecule has 2 aromatic rings. The number of rotatable bonds is 10. The molecule has 0 radical (unpaired) electrons. The molecule has 0 fully saturated rings. The van der Waals surface area contributed by atoms with Crippen molar-refractivity contribution in [1.82, 2.24) is 14.3 Å². The van der Waals surface area contributed by atoms with E-state index >= 15 is 0 Å². The van der Waals surface area contributed by atoms with Crippen molar-refractivity contribution in [3.05, 3.63) is 63.3 Å². The van der Waals surface area contributed by atoms with Crippen molar-refractivity contribution < 1.29 is 8.42 Å². The highest BCUT2D eigenvalue weighted by Crippen LogP contribution is 2.19. The molecule has 0 atom stereocenters. The van der Waals surface area contributed by atoms with Crippen LogP contribution in [0.15, 0.2) is 35.1 Å². The van der Waals surface area contributed by atoms with Crippen LogP contribution in [0.5, 0.6) is 0 Å². The van der Waals surface area contributed by atoms with Gasteiger partial charge in [-0.3, -0.25) is 4.79 Å². The molecule has 0 unspecified atom stereocenters. The van der Waals surface area contributed by atoms with E-state index in [1.807, 2.05) is 30.3 Å². The van der Waals surface area contributed by atoms with Crippen LogP contribution in [0.4, 0.5) is 0 Å². The highest BCUT2D eigenvalue weighted by atomic mass is 32.2. The molecule has 0 saturated heterocycles. The van der Waals surface area contributed by atoms with E-state index in [9.17, 15) is 13.2 Å². The fourth-order valence-corrected chi connectivity index (χ4v) is 5.28. The lowest BCUT2D eigenvalue weighted by Crippen LogP contribution is -2.40. The Kier molecular flexibility index (Phi) is 7.61. The Balaban J connectivity index is 1.62. The Morgan fingerprint density at radius 1 is 1.07 bits per heavy atom. The van der Waals surface area contributed by atoms with Gasteiger partial charge in [-0.25, -0.2) is 13.4 Å². The molecule has 158 valence electrons. The molecule has 1 aromatic heterocycles. The maximum absolute atomic E-state index is 12.7. The molecule has 1 aliphatic rings. The number of fused-ring (bicyclic) bond motifs is 1. The summed E-state index contributed by atoms with van der Waals surface area (Å²) in [7, 11) is -3.34. The third kappa shape index (κ3) is 6.00. The van der Waals surface area contributed by atoms with Gasteiger partial charge in [-0.1, -0.05) is 69.4 Å². The number of benzene rings is 1. The average molecular weight is 418 g/mol. The molecule has 0 saturated carbocycles. The highest BCUT2D eigenvalue weighted by molar-refractivity contribution is 7.89. The molecule has 1 aromatic carbocycles. The first-order chi connectivity index (χ1) is 14.0. The number of unbranched alkanes of at least 4 members (excludes halogenated alkanes) is 5. The van der Waals surface area contributed by atoms with Crippen LogP contribution in [0.2, 0.25) is 0 Å². The number of hydrogen-bond donors (Lipinski definition) is 1. The fraction of sp³-hybridized carbons (Fsp3) is 0.545. The van der Waals surface area contributed by atoms with Crippen molar-refractivity contribution in [1.29, 1.82) is 0 Å². The summed E-state index contributed by atoms with van der Waals surface area (Å²) < 4.78 is 26.8. The predicted molar refractivity (Wildman–Crippen MR) is 115 cm³/mol. The van der Waals surface area contributed by atoms with Gasteiger partial charge in [-0.2, -0.15) is 4.31 Å². The van der Waals surface area contributed by atoms with Crippen LogP contribution in [0.25, 0.3) is 0 Å². The zero-order valence-corrected chi connectivity index (χ0v) is 18.0. The summed E-state index contributed by atoms with van der Waals surface area (Å²) in [6, 6.07) is 9.86. The van der Waals surface area contributed by atoms with Crippen molar-refractivity contribution in [2.45, 2.75) is 64.8 Å². The lowest BCUT2D eigenvalue weighted by atomic mass is 10.1. The summed E-state index contributed by atoms with van der Waals surface area (Å²) in [5, 5.41) is 0. The lowest BCUT2D eigenvalue weighted by Gasteiger charge is -2.27. The average Bonchev–Trinajstić information content (AvgIpc) is 2.71. The van der Waals surface area contributed by atoms with Crippen LogP contribution in [-0.2, 0) is 29.4 Å². The molecule has 29 heavy (non-hydrogen) atoms. The van der Waals surface area contributed by atoms with Gasteiger partial charge in [-0.15, -0.1) is 0 Å². The van der Waals surface area contributed by atoms with Crippen LogP contribution >= 0.6 is 0 Å². The zero-order valence-electron chi connectivity index (χ0n) is 17.2.